The molecule has 0 aliphatic heterocycles. The van der Waals surface area contributed by atoms with Gasteiger partial charge in [-0.1, -0.05) is 60.7 Å². The minimum atomic E-state index is -3.88. The lowest BCUT2D eigenvalue weighted by Gasteiger charge is -2.16. The molecule has 0 saturated carbocycles. The van der Waals surface area contributed by atoms with Gasteiger partial charge in [0.25, 0.3) is 10.0 Å². The number of ether oxygens (including phenoxy) is 2. The zero-order valence-electron chi connectivity index (χ0n) is 19.8. The van der Waals surface area contributed by atoms with Crippen LogP contribution in [0.15, 0.2) is 108 Å². The summed E-state index contributed by atoms with van der Waals surface area (Å²) in [5, 5.41) is 12.0. The van der Waals surface area contributed by atoms with E-state index in [0.717, 1.165) is 5.39 Å². The van der Waals surface area contributed by atoms with Crippen LogP contribution in [-0.4, -0.2) is 31.7 Å². The van der Waals surface area contributed by atoms with Crippen LogP contribution in [0.2, 0.25) is 0 Å². The molecule has 1 aromatic heterocycles. The molecule has 36 heavy (non-hydrogen) atoms. The van der Waals surface area contributed by atoms with Crippen molar-refractivity contribution in [2.75, 3.05) is 14.2 Å². The third-order valence-corrected chi connectivity index (χ3v) is 7.91. The molecule has 0 spiro atoms. The van der Waals surface area contributed by atoms with Crippen LogP contribution in [0.25, 0.3) is 22.2 Å². The number of fused-ring (bicyclic) bond motifs is 1. The Morgan fingerprint density at radius 1 is 0.722 bits per heavy atom. The fourth-order valence-electron chi connectivity index (χ4n) is 4.37. The Balaban J connectivity index is 1.64. The minimum absolute atomic E-state index is 0.203. The molecule has 7 heteroatoms. The van der Waals surface area contributed by atoms with Crippen LogP contribution in [0.5, 0.6) is 11.5 Å². The van der Waals surface area contributed by atoms with E-state index in [-0.39, 0.29) is 4.90 Å². The van der Waals surface area contributed by atoms with Gasteiger partial charge in [-0.3, -0.25) is 0 Å². The average Bonchev–Trinajstić information content (AvgIpc) is 3.33. The Morgan fingerprint density at radius 2 is 1.42 bits per heavy atom. The highest BCUT2D eigenvalue weighted by Crippen LogP contribution is 2.36. The summed E-state index contributed by atoms with van der Waals surface area (Å²) in [6, 6.07) is 30.1. The van der Waals surface area contributed by atoms with E-state index >= 15 is 0 Å². The Labute approximate surface area is 210 Å². The van der Waals surface area contributed by atoms with Gasteiger partial charge in [0.2, 0.25) is 0 Å². The number of aliphatic hydroxyl groups is 1. The van der Waals surface area contributed by atoms with Gasteiger partial charge in [-0.15, -0.1) is 0 Å². The predicted molar refractivity (Wildman–Crippen MR) is 140 cm³/mol. The number of aliphatic hydroxyl groups excluding tert-OH is 1. The SMILES string of the molecule is COc1ccc(C(O)c2cccc(-c3cc4ccccc4n3S(=O)(=O)c3ccccc3)c2)cc1OC. The molecule has 5 aromatic rings. The molecule has 1 atom stereocenters. The molecule has 0 fully saturated rings. The van der Waals surface area contributed by atoms with E-state index in [1.165, 1.54) is 3.97 Å². The van der Waals surface area contributed by atoms with Crippen molar-refractivity contribution in [1.82, 2.24) is 3.97 Å². The predicted octanol–water partition coefficient (Wildman–Crippen LogP) is 5.64. The molecule has 0 bridgehead atoms. The van der Waals surface area contributed by atoms with Crippen molar-refractivity contribution < 1.29 is 23.0 Å². The Bertz CT molecular complexity index is 1640. The van der Waals surface area contributed by atoms with Gasteiger partial charge in [-0.2, -0.15) is 0 Å². The molecule has 1 unspecified atom stereocenters. The molecular weight excluding hydrogens is 474 g/mol. The van der Waals surface area contributed by atoms with E-state index < -0.39 is 16.1 Å². The number of aromatic nitrogens is 1. The van der Waals surface area contributed by atoms with E-state index in [0.29, 0.717) is 39.4 Å². The van der Waals surface area contributed by atoms with E-state index in [9.17, 15) is 13.5 Å². The van der Waals surface area contributed by atoms with E-state index in [4.69, 9.17) is 9.47 Å². The van der Waals surface area contributed by atoms with Crippen LogP contribution in [0, 0.1) is 0 Å². The van der Waals surface area contributed by atoms with Gasteiger partial charge < -0.3 is 14.6 Å². The van der Waals surface area contributed by atoms with Crippen molar-refractivity contribution >= 4 is 20.9 Å². The van der Waals surface area contributed by atoms with Crippen molar-refractivity contribution in [3.05, 3.63) is 114 Å². The second-order valence-corrected chi connectivity index (χ2v) is 10.1. The fourth-order valence-corrected chi connectivity index (χ4v) is 5.93. The summed E-state index contributed by atoms with van der Waals surface area (Å²) in [5.41, 5.74) is 3.02. The van der Waals surface area contributed by atoms with Crippen molar-refractivity contribution in [3.63, 3.8) is 0 Å². The summed E-state index contributed by atoms with van der Waals surface area (Å²) < 4.78 is 39.6. The van der Waals surface area contributed by atoms with Crippen molar-refractivity contribution in [3.8, 4) is 22.8 Å². The lowest BCUT2D eigenvalue weighted by Crippen LogP contribution is -2.14. The summed E-state index contributed by atoms with van der Waals surface area (Å²) in [5.74, 6) is 1.08. The first kappa shape index (κ1) is 23.7. The van der Waals surface area contributed by atoms with Gasteiger partial charge in [0.15, 0.2) is 11.5 Å². The Morgan fingerprint density at radius 3 is 2.17 bits per heavy atom. The summed E-state index contributed by atoms with van der Waals surface area (Å²) in [6.45, 7) is 0. The molecule has 0 amide bonds. The van der Waals surface area contributed by atoms with Crippen LogP contribution in [0.4, 0.5) is 0 Å². The van der Waals surface area contributed by atoms with Crippen LogP contribution < -0.4 is 9.47 Å². The maximum Gasteiger partial charge on any atom is 0.268 e. The van der Waals surface area contributed by atoms with Gasteiger partial charge in [0.05, 0.1) is 30.3 Å². The molecule has 0 radical (unpaired) electrons. The first-order valence-corrected chi connectivity index (χ1v) is 12.8. The summed E-state index contributed by atoms with van der Waals surface area (Å²) >= 11 is 0. The molecular formula is C29H25NO5S. The Hall–Kier alpha value is -4.07. The topological polar surface area (TPSA) is 77.8 Å². The molecule has 1 heterocycles. The molecule has 182 valence electrons. The van der Waals surface area contributed by atoms with E-state index in [1.54, 1.807) is 68.8 Å². The van der Waals surface area contributed by atoms with Gasteiger partial charge in [0.1, 0.15) is 6.10 Å². The maximum atomic E-state index is 13.8. The molecule has 1 N–H and O–H groups in total. The normalized spacial score (nSPS) is 12.4. The lowest BCUT2D eigenvalue weighted by atomic mass is 9.98. The molecule has 4 aromatic carbocycles. The number of benzene rings is 4. The highest BCUT2D eigenvalue weighted by molar-refractivity contribution is 7.90. The standard InChI is InChI=1S/C29H25NO5S/c1-34-27-16-15-23(19-28(27)35-2)29(31)22-11-8-10-20(17-22)26-18-21-9-6-7-14-25(21)30(26)36(32,33)24-12-4-3-5-13-24/h3-19,29,31H,1-2H3. The highest BCUT2D eigenvalue weighted by Gasteiger charge is 2.24. The lowest BCUT2D eigenvalue weighted by molar-refractivity contribution is 0.219. The highest BCUT2D eigenvalue weighted by atomic mass is 32.2. The first-order chi connectivity index (χ1) is 17.4. The fraction of sp³-hybridized carbons (Fsp3) is 0.103. The van der Waals surface area contributed by atoms with Crippen LogP contribution >= 0.6 is 0 Å². The van der Waals surface area contributed by atoms with Crippen LogP contribution in [0.1, 0.15) is 17.2 Å². The molecule has 0 aliphatic carbocycles. The molecule has 5 rings (SSSR count). The second kappa shape index (κ2) is 9.53. The third-order valence-electron chi connectivity index (χ3n) is 6.17. The van der Waals surface area contributed by atoms with Crippen molar-refractivity contribution in [2.45, 2.75) is 11.0 Å². The van der Waals surface area contributed by atoms with E-state index in [1.807, 2.05) is 48.5 Å². The summed E-state index contributed by atoms with van der Waals surface area (Å²) in [4.78, 5) is 0.203. The monoisotopic (exact) mass is 499 g/mol. The molecule has 6 nitrogen and oxygen atoms in total. The van der Waals surface area contributed by atoms with E-state index in [2.05, 4.69) is 0 Å². The smallest absolute Gasteiger partial charge is 0.268 e. The van der Waals surface area contributed by atoms with Gasteiger partial charge in [-0.05, 0) is 59.2 Å². The molecule has 0 saturated heterocycles. The van der Waals surface area contributed by atoms with Gasteiger partial charge >= 0.3 is 0 Å². The second-order valence-electron chi connectivity index (χ2n) is 8.31. The number of nitrogens with zero attached hydrogens (tertiary/aromatic N) is 1. The summed E-state index contributed by atoms with van der Waals surface area (Å²) in [6.07, 6.45) is -0.951. The third kappa shape index (κ3) is 4.12. The zero-order chi connectivity index (χ0) is 25.3. The van der Waals surface area contributed by atoms with Crippen LogP contribution in [0.3, 0.4) is 0 Å². The van der Waals surface area contributed by atoms with Crippen LogP contribution in [-0.2, 0) is 10.0 Å². The average molecular weight is 500 g/mol. The largest absolute Gasteiger partial charge is 0.493 e. The zero-order valence-corrected chi connectivity index (χ0v) is 20.6. The number of hydrogen-bond acceptors (Lipinski definition) is 5. The van der Waals surface area contributed by atoms with Crippen molar-refractivity contribution in [2.24, 2.45) is 0 Å². The number of hydrogen-bond donors (Lipinski definition) is 1. The first-order valence-electron chi connectivity index (χ1n) is 11.4. The quantitative estimate of drug-likeness (QED) is 0.313. The Kier molecular flexibility index (Phi) is 6.26. The number of para-hydroxylation sites is 1. The van der Waals surface area contributed by atoms with Gasteiger partial charge in [0, 0.05) is 5.39 Å². The summed E-state index contributed by atoms with van der Waals surface area (Å²) in [7, 11) is -0.781. The maximum absolute atomic E-state index is 13.8. The number of methoxy groups -OCH3 is 2. The van der Waals surface area contributed by atoms with Gasteiger partial charge in [-0.25, -0.2) is 12.4 Å². The molecule has 0 aliphatic rings. The van der Waals surface area contributed by atoms with Crippen molar-refractivity contribution in [1.29, 1.82) is 0 Å². The minimum Gasteiger partial charge on any atom is -0.493 e. The number of rotatable bonds is 7.